The number of anilines is 1. The van der Waals surface area contributed by atoms with Gasteiger partial charge in [0.1, 0.15) is 24.6 Å². The Morgan fingerprint density at radius 1 is 1.28 bits per heavy atom. The summed E-state index contributed by atoms with van der Waals surface area (Å²) in [6, 6.07) is 0. The fourth-order valence-corrected chi connectivity index (χ4v) is 3.90. The number of hydrogen-bond donors (Lipinski definition) is 1. The van der Waals surface area contributed by atoms with Crippen LogP contribution in [0.5, 0.6) is 0 Å². The van der Waals surface area contributed by atoms with Gasteiger partial charge in [0.2, 0.25) is 0 Å². The van der Waals surface area contributed by atoms with Crippen molar-refractivity contribution in [3.05, 3.63) is 12.2 Å². The largest absolute Gasteiger partial charge is 0.451 e. The third-order valence-electron chi connectivity index (χ3n) is 4.70. The summed E-state index contributed by atoms with van der Waals surface area (Å²) in [7, 11) is 0. The maximum atomic E-state index is 11.7. The summed E-state index contributed by atoms with van der Waals surface area (Å²) in [6.45, 7) is 5.03. The monoisotopic (exact) mass is 347 g/mol. The number of aromatic nitrogens is 4. The van der Waals surface area contributed by atoms with Crippen LogP contribution < -0.4 is 5.73 Å². The van der Waals surface area contributed by atoms with Crippen molar-refractivity contribution in [3.8, 4) is 0 Å². The van der Waals surface area contributed by atoms with Crippen molar-refractivity contribution in [2.75, 3.05) is 5.73 Å². The van der Waals surface area contributed by atoms with Crippen molar-refractivity contribution in [1.82, 2.24) is 19.5 Å². The second kappa shape index (κ2) is 4.65. The number of carbonyl (C=O) groups is 1. The van der Waals surface area contributed by atoms with Crippen LogP contribution in [0.3, 0.4) is 0 Å². The number of imidazole rings is 1. The number of hydrogen-bond acceptors (Lipinski definition) is 9. The lowest BCUT2D eigenvalue weighted by Crippen LogP contribution is -2.38. The van der Waals surface area contributed by atoms with Crippen molar-refractivity contribution < 1.29 is 23.7 Å². The molecule has 10 heteroatoms. The number of nitrogens with zero attached hydrogens (tertiary/aromatic N) is 4. The summed E-state index contributed by atoms with van der Waals surface area (Å²) in [5.74, 6) is -0.424. The summed E-state index contributed by atoms with van der Waals surface area (Å²) >= 11 is 0. The topological polar surface area (TPSA) is 124 Å². The van der Waals surface area contributed by atoms with E-state index in [-0.39, 0.29) is 18.0 Å². The predicted octanol–water partition coefficient (Wildman–Crippen LogP) is 0.444. The molecule has 2 N–H and O–H groups in total. The summed E-state index contributed by atoms with van der Waals surface area (Å²) in [4.78, 5) is 24.5. The fraction of sp³-hybridized carbons (Fsp3) is 0.600. The van der Waals surface area contributed by atoms with Crippen molar-refractivity contribution in [3.63, 3.8) is 0 Å². The van der Waals surface area contributed by atoms with Gasteiger partial charge in [-0.25, -0.2) is 15.0 Å². The highest BCUT2D eigenvalue weighted by Crippen LogP contribution is 2.52. The molecular formula is C15H17N5O5. The summed E-state index contributed by atoms with van der Waals surface area (Å²) < 4.78 is 25.4. The van der Waals surface area contributed by atoms with E-state index in [0.717, 1.165) is 0 Å². The van der Waals surface area contributed by atoms with Crippen LogP contribution in [0.25, 0.3) is 11.2 Å². The highest BCUT2D eigenvalue weighted by atomic mass is 16.8. The SMILES string of the molecule is CC(=O)OC1c2nc3c(N)ncnc3n2C2OC1C1OC(C)(C)OC12. The van der Waals surface area contributed by atoms with Crippen LogP contribution in [0.2, 0.25) is 0 Å². The van der Waals surface area contributed by atoms with Crippen LogP contribution in [0.4, 0.5) is 5.82 Å². The molecule has 10 nitrogen and oxygen atoms in total. The number of nitrogen functional groups attached to an aromatic ring is 1. The highest BCUT2D eigenvalue weighted by molar-refractivity contribution is 5.82. The number of rotatable bonds is 1. The molecule has 2 aromatic rings. The lowest BCUT2D eigenvalue weighted by molar-refractivity contribution is -0.221. The van der Waals surface area contributed by atoms with Gasteiger partial charge in [0, 0.05) is 6.92 Å². The molecular weight excluding hydrogens is 330 g/mol. The van der Waals surface area contributed by atoms with E-state index in [9.17, 15) is 4.79 Å². The molecule has 25 heavy (non-hydrogen) atoms. The average Bonchev–Trinajstić information content (AvgIpc) is 3.13. The van der Waals surface area contributed by atoms with Gasteiger partial charge in [-0.05, 0) is 13.8 Å². The second-order valence-electron chi connectivity index (χ2n) is 6.86. The molecule has 0 radical (unpaired) electrons. The van der Waals surface area contributed by atoms with Crippen molar-refractivity contribution in [2.45, 2.75) is 57.2 Å². The molecule has 2 fully saturated rings. The number of carbonyl (C=O) groups excluding carboxylic acids is 1. The molecule has 5 unspecified atom stereocenters. The van der Waals surface area contributed by atoms with Gasteiger partial charge in [0.05, 0.1) is 0 Å². The smallest absolute Gasteiger partial charge is 0.303 e. The van der Waals surface area contributed by atoms with E-state index in [4.69, 9.17) is 24.7 Å². The number of ether oxygens (including phenoxy) is 4. The van der Waals surface area contributed by atoms with Gasteiger partial charge in [-0.1, -0.05) is 0 Å². The zero-order valence-electron chi connectivity index (χ0n) is 13.9. The lowest BCUT2D eigenvalue weighted by Gasteiger charge is -2.33. The third kappa shape index (κ3) is 1.95. The first-order valence-electron chi connectivity index (χ1n) is 8.02. The summed E-state index contributed by atoms with van der Waals surface area (Å²) in [5.41, 5.74) is 6.89. The van der Waals surface area contributed by atoms with E-state index in [2.05, 4.69) is 15.0 Å². The van der Waals surface area contributed by atoms with Crippen LogP contribution in [0.15, 0.2) is 6.33 Å². The van der Waals surface area contributed by atoms with Crippen molar-refractivity contribution in [1.29, 1.82) is 0 Å². The van der Waals surface area contributed by atoms with Gasteiger partial charge >= 0.3 is 5.97 Å². The summed E-state index contributed by atoms with van der Waals surface area (Å²) in [5, 5.41) is 0. The Kier molecular flexibility index (Phi) is 2.79. The Bertz CT molecular complexity index is 896. The fourth-order valence-electron chi connectivity index (χ4n) is 3.90. The maximum Gasteiger partial charge on any atom is 0.303 e. The minimum Gasteiger partial charge on any atom is -0.451 e. The molecule has 3 aliphatic heterocycles. The van der Waals surface area contributed by atoms with Gasteiger partial charge in [0.15, 0.2) is 40.9 Å². The minimum absolute atomic E-state index is 0.254. The van der Waals surface area contributed by atoms with Gasteiger partial charge in [-0.2, -0.15) is 0 Å². The predicted molar refractivity (Wildman–Crippen MR) is 82.0 cm³/mol. The van der Waals surface area contributed by atoms with E-state index >= 15 is 0 Å². The number of fused-ring (bicyclic) bond motifs is 9. The van der Waals surface area contributed by atoms with E-state index < -0.39 is 30.2 Å². The molecule has 0 aromatic carbocycles. The molecule has 3 aliphatic rings. The molecule has 132 valence electrons. The zero-order valence-corrected chi connectivity index (χ0v) is 13.9. The van der Waals surface area contributed by atoms with Gasteiger partial charge in [0.25, 0.3) is 0 Å². The summed E-state index contributed by atoms with van der Waals surface area (Å²) in [6.07, 6.45) is -1.12. The van der Waals surface area contributed by atoms with E-state index in [1.54, 1.807) is 4.57 Å². The molecule has 2 aromatic heterocycles. The van der Waals surface area contributed by atoms with Gasteiger partial charge < -0.3 is 24.7 Å². The molecule has 5 atom stereocenters. The molecule has 5 heterocycles. The van der Waals surface area contributed by atoms with Gasteiger partial charge in [-0.15, -0.1) is 0 Å². The number of nitrogens with two attached hydrogens (primary N) is 1. The van der Waals surface area contributed by atoms with E-state index in [0.29, 0.717) is 17.0 Å². The minimum atomic E-state index is -0.752. The second-order valence-corrected chi connectivity index (χ2v) is 6.86. The lowest BCUT2D eigenvalue weighted by atomic mass is 10.1. The van der Waals surface area contributed by atoms with Crippen LogP contribution in [0, 0.1) is 0 Å². The quantitative estimate of drug-likeness (QED) is 0.732. The van der Waals surface area contributed by atoms with Crippen LogP contribution >= 0.6 is 0 Å². The first-order chi connectivity index (χ1) is 11.9. The number of esters is 1. The van der Waals surface area contributed by atoms with Crippen LogP contribution in [-0.4, -0.2) is 49.6 Å². The standard InChI is InChI=1S/C15H17N5O5/c1-5(21)22-9-7-8-10(25-15(2,3)24-8)14(23-7)20-12-6(19-13(9)20)11(16)17-4-18-12/h4,7-10,14H,1-3H3,(H2,16,17,18). The zero-order chi connectivity index (χ0) is 17.5. The Labute approximate surface area is 142 Å². The van der Waals surface area contributed by atoms with Crippen LogP contribution in [-0.2, 0) is 23.7 Å². The Hall–Kier alpha value is -2.30. The van der Waals surface area contributed by atoms with Gasteiger partial charge in [-0.3, -0.25) is 9.36 Å². The molecule has 2 bridgehead atoms. The van der Waals surface area contributed by atoms with E-state index in [1.165, 1.54) is 13.3 Å². The average molecular weight is 347 g/mol. The normalized spacial score (nSPS) is 34.8. The van der Waals surface area contributed by atoms with E-state index in [1.807, 2.05) is 13.8 Å². The van der Waals surface area contributed by atoms with Crippen molar-refractivity contribution >= 4 is 23.0 Å². The molecule has 2 saturated heterocycles. The maximum absolute atomic E-state index is 11.7. The Morgan fingerprint density at radius 2 is 2.04 bits per heavy atom. The highest BCUT2D eigenvalue weighted by Gasteiger charge is 2.62. The molecule has 0 amide bonds. The molecule has 0 spiro atoms. The first-order valence-corrected chi connectivity index (χ1v) is 8.02. The molecule has 5 rings (SSSR count). The molecule has 0 saturated carbocycles. The Balaban J connectivity index is 1.72. The van der Waals surface area contributed by atoms with Crippen LogP contribution in [0.1, 0.15) is 38.9 Å². The molecule has 0 aliphatic carbocycles. The third-order valence-corrected chi connectivity index (χ3v) is 4.70. The first kappa shape index (κ1) is 15.0. The Morgan fingerprint density at radius 3 is 2.80 bits per heavy atom. The van der Waals surface area contributed by atoms with Crippen molar-refractivity contribution in [2.24, 2.45) is 0 Å².